The van der Waals surface area contributed by atoms with Crippen LogP contribution in [-0.4, -0.2) is 14.5 Å². The van der Waals surface area contributed by atoms with Crippen molar-refractivity contribution in [1.29, 1.82) is 0 Å². The Balaban J connectivity index is 2.46. The van der Waals surface area contributed by atoms with Gasteiger partial charge in [-0.15, -0.1) is 0 Å². The molecule has 0 fully saturated rings. The van der Waals surface area contributed by atoms with E-state index in [9.17, 15) is 9.90 Å². The number of para-hydroxylation sites is 1. The molecule has 0 spiro atoms. The van der Waals surface area contributed by atoms with Crippen LogP contribution in [0.5, 0.6) is 0 Å². The predicted octanol–water partition coefficient (Wildman–Crippen LogP) is 2.01. The summed E-state index contributed by atoms with van der Waals surface area (Å²) in [5.74, 6) is 0. The Hall–Kier alpha value is -2.07. The Labute approximate surface area is 104 Å². The van der Waals surface area contributed by atoms with Gasteiger partial charge in [0.25, 0.3) is 0 Å². The molecule has 0 radical (unpaired) electrons. The summed E-state index contributed by atoms with van der Waals surface area (Å²) in [5, 5.41) is 11.0. The van der Waals surface area contributed by atoms with Crippen LogP contribution < -0.4 is 5.69 Å². The van der Waals surface area contributed by atoms with Gasteiger partial charge in [0.05, 0.1) is 22.3 Å². The standard InChI is InChI=1S/C14H14N2O2/c1-14(2,18)12-8-10-7-9-5-3-4-6-11(9)16(10)13(17)15-12/h3-8,18H,1-2H3,(H,15,17). The Bertz CT molecular complexity index is 791. The molecule has 18 heavy (non-hydrogen) atoms. The zero-order valence-electron chi connectivity index (χ0n) is 10.3. The van der Waals surface area contributed by atoms with Gasteiger partial charge in [0, 0.05) is 5.39 Å². The van der Waals surface area contributed by atoms with Gasteiger partial charge in [-0.3, -0.25) is 4.40 Å². The van der Waals surface area contributed by atoms with Crippen molar-refractivity contribution < 1.29 is 5.11 Å². The van der Waals surface area contributed by atoms with E-state index < -0.39 is 5.60 Å². The maximum absolute atomic E-state index is 12.1. The van der Waals surface area contributed by atoms with Crippen LogP contribution in [0.1, 0.15) is 19.5 Å². The molecular formula is C14H14N2O2. The number of hydrogen-bond donors (Lipinski definition) is 2. The van der Waals surface area contributed by atoms with E-state index in [1.807, 2.05) is 30.3 Å². The molecule has 0 saturated heterocycles. The third kappa shape index (κ3) is 1.54. The van der Waals surface area contributed by atoms with Crippen LogP contribution in [0.15, 0.2) is 41.2 Å². The van der Waals surface area contributed by atoms with Crippen LogP contribution >= 0.6 is 0 Å². The zero-order chi connectivity index (χ0) is 12.9. The molecule has 0 unspecified atom stereocenters. The molecule has 3 aromatic rings. The summed E-state index contributed by atoms with van der Waals surface area (Å²) in [4.78, 5) is 14.8. The van der Waals surface area contributed by atoms with Gasteiger partial charge < -0.3 is 10.1 Å². The van der Waals surface area contributed by atoms with Gasteiger partial charge in [-0.25, -0.2) is 4.79 Å². The summed E-state index contributed by atoms with van der Waals surface area (Å²) in [6.45, 7) is 3.30. The molecule has 4 heteroatoms. The van der Waals surface area contributed by atoms with Crippen LogP contribution in [0.2, 0.25) is 0 Å². The normalized spacial score (nSPS) is 12.4. The maximum atomic E-state index is 12.1. The lowest BCUT2D eigenvalue weighted by atomic mass is 10.1. The largest absolute Gasteiger partial charge is 0.384 e. The van der Waals surface area contributed by atoms with Crippen molar-refractivity contribution in [1.82, 2.24) is 9.38 Å². The van der Waals surface area contributed by atoms with Crippen LogP contribution in [0.4, 0.5) is 0 Å². The molecule has 92 valence electrons. The zero-order valence-corrected chi connectivity index (χ0v) is 10.3. The van der Waals surface area contributed by atoms with Gasteiger partial charge in [0.15, 0.2) is 0 Å². The van der Waals surface area contributed by atoms with Crippen LogP contribution in [-0.2, 0) is 5.60 Å². The number of benzene rings is 1. The Morgan fingerprint density at radius 1 is 1.22 bits per heavy atom. The smallest absolute Gasteiger partial charge is 0.330 e. The molecule has 0 aliphatic heterocycles. The van der Waals surface area contributed by atoms with Gasteiger partial charge in [0.1, 0.15) is 0 Å². The first-order chi connectivity index (χ1) is 8.47. The van der Waals surface area contributed by atoms with E-state index in [0.717, 1.165) is 16.4 Å². The molecular weight excluding hydrogens is 228 g/mol. The first kappa shape index (κ1) is 11.0. The summed E-state index contributed by atoms with van der Waals surface area (Å²) in [6.07, 6.45) is 0. The second kappa shape index (κ2) is 3.46. The maximum Gasteiger partial charge on any atom is 0.330 e. The molecule has 2 heterocycles. The molecule has 0 bridgehead atoms. The Kier molecular flexibility index (Phi) is 2.12. The van der Waals surface area contributed by atoms with Crippen molar-refractivity contribution in [2.45, 2.75) is 19.4 Å². The number of aliphatic hydroxyl groups is 1. The van der Waals surface area contributed by atoms with E-state index >= 15 is 0 Å². The van der Waals surface area contributed by atoms with E-state index in [4.69, 9.17) is 0 Å². The van der Waals surface area contributed by atoms with Crippen molar-refractivity contribution in [2.75, 3.05) is 0 Å². The van der Waals surface area contributed by atoms with Gasteiger partial charge in [-0.2, -0.15) is 0 Å². The predicted molar refractivity (Wildman–Crippen MR) is 70.8 cm³/mol. The molecule has 2 aromatic heterocycles. The van der Waals surface area contributed by atoms with E-state index in [2.05, 4.69) is 4.98 Å². The lowest BCUT2D eigenvalue weighted by molar-refractivity contribution is 0.0735. The number of fused-ring (bicyclic) bond motifs is 3. The summed E-state index contributed by atoms with van der Waals surface area (Å²) in [7, 11) is 0. The number of nitrogens with one attached hydrogen (secondary N) is 1. The fourth-order valence-electron chi connectivity index (χ4n) is 2.19. The molecule has 0 atom stereocenters. The minimum atomic E-state index is -1.06. The number of hydrogen-bond acceptors (Lipinski definition) is 2. The number of aromatic nitrogens is 2. The first-order valence-electron chi connectivity index (χ1n) is 5.83. The lowest BCUT2D eigenvalue weighted by Gasteiger charge is -2.17. The van der Waals surface area contributed by atoms with E-state index in [1.165, 1.54) is 0 Å². The molecule has 0 aliphatic rings. The van der Waals surface area contributed by atoms with Crippen LogP contribution in [0, 0.1) is 0 Å². The van der Waals surface area contributed by atoms with Gasteiger partial charge >= 0.3 is 5.69 Å². The van der Waals surface area contributed by atoms with Gasteiger partial charge in [-0.1, -0.05) is 18.2 Å². The molecule has 0 amide bonds. The number of nitrogens with zero attached hydrogens (tertiary/aromatic N) is 1. The van der Waals surface area contributed by atoms with Gasteiger partial charge in [-0.05, 0) is 32.0 Å². The Morgan fingerprint density at radius 3 is 2.67 bits per heavy atom. The highest BCUT2D eigenvalue weighted by molar-refractivity contribution is 5.87. The highest BCUT2D eigenvalue weighted by atomic mass is 16.3. The third-order valence-corrected chi connectivity index (χ3v) is 3.14. The second-order valence-electron chi connectivity index (χ2n) is 5.01. The number of aromatic amines is 1. The summed E-state index contributed by atoms with van der Waals surface area (Å²) < 4.78 is 1.62. The monoisotopic (exact) mass is 242 g/mol. The van der Waals surface area contributed by atoms with Gasteiger partial charge in [0.2, 0.25) is 0 Å². The molecule has 3 rings (SSSR count). The fraction of sp³-hybridized carbons (Fsp3) is 0.214. The number of H-pyrrole nitrogens is 1. The quantitative estimate of drug-likeness (QED) is 0.685. The van der Waals surface area contributed by atoms with Crippen molar-refractivity contribution in [3.63, 3.8) is 0 Å². The lowest BCUT2D eigenvalue weighted by Crippen LogP contribution is -2.25. The van der Waals surface area contributed by atoms with Crippen molar-refractivity contribution in [3.8, 4) is 0 Å². The van der Waals surface area contributed by atoms with E-state index in [-0.39, 0.29) is 5.69 Å². The average Bonchev–Trinajstić information content (AvgIpc) is 2.66. The second-order valence-corrected chi connectivity index (χ2v) is 5.01. The minimum Gasteiger partial charge on any atom is -0.384 e. The fourth-order valence-corrected chi connectivity index (χ4v) is 2.19. The molecule has 0 saturated carbocycles. The minimum absolute atomic E-state index is 0.231. The number of rotatable bonds is 1. The molecule has 0 aliphatic carbocycles. The van der Waals surface area contributed by atoms with Crippen LogP contribution in [0.25, 0.3) is 16.4 Å². The average molecular weight is 242 g/mol. The Morgan fingerprint density at radius 2 is 1.94 bits per heavy atom. The van der Waals surface area contributed by atoms with Crippen molar-refractivity contribution in [3.05, 3.63) is 52.6 Å². The van der Waals surface area contributed by atoms with E-state index in [1.54, 1.807) is 24.3 Å². The molecule has 4 nitrogen and oxygen atoms in total. The molecule has 2 N–H and O–H groups in total. The van der Waals surface area contributed by atoms with Crippen molar-refractivity contribution >= 4 is 16.4 Å². The SMILES string of the molecule is CC(C)(O)c1cc2cc3ccccc3n2c(=O)[nH]1. The van der Waals surface area contributed by atoms with Crippen LogP contribution in [0.3, 0.4) is 0 Å². The first-order valence-corrected chi connectivity index (χ1v) is 5.83. The third-order valence-electron chi connectivity index (χ3n) is 3.14. The summed E-state index contributed by atoms with van der Waals surface area (Å²) in [5.41, 5.74) is 0.888. The summed E-state index contributed by atoms with van der Waals surface area (Å²) in [6, 6.07) is 11.5. The highest BCUT2D eigenvalue weighted by Gasteiger charge is 2.18. The summed E-state index contributed by atoms with van der Waals surface area (Å²) >= 11 is 0. The van der Waals surface area contributed by atoms with E-state index in [0.29, 0.717) is 5.69 Å². The highest BCUT2D eigenvalue weighted by Crippen LogP contribution is 2.22. The molecule has 1 aromatic carbocycles. The van der Waals surface area contributed by atoms with Crippen molar-refractivity contribution in [2.24, 2.45) is 0 Å². The topological polar surface area (TPSA) is 57.5 Å².